The minimum atomic E-state index is -0.419. The van der Waals surface area contributed by atoms with E-state index in [0.29, 0.717) is 17.3 Å². The van der Waals surface area contributed by atoms with Crippen molar-refractivity contribution in [3.05, 3.63) is 41.4 Å². The molecule has 0 saturated heterocycles. The highest BCUT2D eigenvalue weighted by atomic mass is 16.5. The highest BCUT2D eigenvalue weighted by Crippen LogP contribution is 2.09. The fraction of sp³-hybridized carbons (Fsp3) is 0.214. The van der Waals surface area contributed by atoms with Crippen LogP contribution in [0.2, 0.25) is 0 Å². The fourth-order valence-corrected chi connectivity index (χ4v) is 1.53. The number of amides is 1. The minimum Gasteiger partial charge on any atom is -0.377 e. The molecule has 0 atom stereocenters. The maximum absolute atomic E-state index is 12.0. The van der Waals surface area contributed by atoms with Gasteiger partial charge in [-0.1, -0.05) is 17.1 Å². The second kappa shape index (κ2) is 7.19. The summed E-state index contributed by atoms with van der Waals surface area (Å²) in [4.78, 5) is 16.2. The smallest absolute Gasteiger partial charge is 0.279 e. The Morgan fingerprint density at radius 1 is 1.52 bits per heavy atom. The van der Waals surface area contributed by atoms with Crippen molar-refractivity contribution in [2.45, 2.75) is 6.61 Å². The van der Waals surface area contributed by atoms with Gasteiger partial charge >= 0.3 is 0 Å². The molecule has 108 valence electrons. The molecule has 0 spiro atoms. The van der Waals surface area contributed by atoms with Gasteiger partial charge in [0.05, 0.1) is 6.54 Å². The maximum atomic E-state index is 12.0. The molecule has 0 fully saturated rings. The van der Waals surface area contributed by atoms with E-state index < -0.39 is 5.91 Å². The lowest BCUT2D eigenvalue weighted by Gasteiger charge is -2.01. The number of nitrogens with one attached hydrogen (secondary N) is 1. The molecule has 2 rings (SSSR count). The number of nitrogens with zero attached hydrogens (tertiary/aromatic N) is 2. The molecule has 2 aromatic heterocycles. The average molecular weight is 286 g/mol. The van der Waals surface area contributed by atoms with Crippen LogP contribution in [0.4, 0.5) is 5.82 Å². The number of ether oxygens (including phenoxy) is 1. The molecule has 7 heteroatoms. The number of anilines is 1. The Morgan fingerprint density at radius 3 is 3.14 bits per heavy atom. The summed E-state index contributed by atoms with van der Waals surface area (Å²) in [5.74, 6) is 5.91. The van der Waals surface area contributed by atoms with Gasteiger partial charge in [0, 0.05) is 13.2 Å². The third kappa shape index (κ3) is 4.14. The number of methoxy groups -OCH3 is 1. The van der Waals surface area contributed by atoms with Crippen molar-refractivity contribution in [3.63, 3.8) is 0 Å². The molecule has 0 saturated carbocycles. The van der Waals surface area contributed by atoms with Gasteiger partial charge < -0.3 is 20.3 Å². The first-order valence-corrected chi connectivity index (χ1v) is 6.15. The topological polar surface area (TPSA) is 103 Å². The summed E-state index contributed by atoms with van der Waals surface area (Å²) in [7, 11) is 1.53. The van der Waals surface area contributed by atoms with E-state index in [1.165, 1.54) is 13.2 Å². The van der Waals surface area contributed by atoms with Gasteiger partial charge in [-0.25, -0.2) is 4.98 Å². The lowest BCUT2D eigenvalue weighted by molar-refractivity contribution is 0.101. The van der Waals surface area contributed by atoms with Gasteiger partial charge in [-0.2, -0.15) is 0 Å². The molecule has 0 aliphatic carbocycles. The number of pyridine rings is 1. The first-order valence-electron chi connectivity index (χ1n) is 6.15. The number of hydrogen-bond acceptors (Lipinski definition) is 6. The molecule has 0 aliphatic heterocycles. The van der Waals surface area contributed by atoms with Crippen LogP contribution < -0.4 is 11.1 Å². The Hall–Kier alpha value is -2.69. The zero-order valence-electron chi connectivity index (χ0n) is 11.4. The van der Waals surface area contributed by atoms with Crippen molar-refractivity contribution < 1.29 is 14.1 Å². The molecule has 3 N–H and O–H groups in total. The van der Waals surface area contributed by atoms with E-state index >= 15 is 0 Å². The second-order valence-corrected chi connectivity index (χ2v) is 3.98. The third-order valence-electron chi connectivity index (χ3n) is 2.39. The SMILES string of the molecule is COCc1cc(C(=O)Nc2cccc(C#CCN)n2)no1. The fourth-order valence-electron chi connectivity index (χ4n) is 1.53. The summed E-state index contributed by atoms with van der Waals surface area (Å²) in [5.41, 5.74) is 5.98. The second-order valence-electron chi connectivity index (χ2n) is 3.98. The lowest BCUT2D eigenvalue weighted by Crippen LogP contribution is -2.13. The quantitative estimate of drug-likeness (QED) is 0.805. The average Bonchev–Trinajstić information content (AvgIpc) is 2.95. The normalized spacial score (nSPS) is 9.81. The summed E-state index contributed by atoms with van der Waals surface area (Å²) in [6.45, 7) is 0.502. The van der Waals surface area contributed by atoms with E-state index in [-0.39, 0.29) is 18.8 Å². The Balaban J connectivity index is 2.08. The minimum absolute atomic E-state index is 0.155. The van der Waals surface area contributed by atoms with Gasteiger partial charge in [0.25, 0.3) is 5.91 Å². The van der Waals surface area contributed by atoms with E-state index in [4.69, 9.17) is 15.0 Å². The summed E-state index contributed by atoms with van der Waals surface area (Å²) < 4.78 is 9.84. The van der Waals surface area contributed by atoms with Gasteiger partial charge in [-0.15, -0.1) is 0 Å². The molecule has 21 heavy (non-hydrogen) atoms. The highest BCUT2D eigenvalue weighted by Gasteiger charge is 2.13. The summed E-state index contributed by atoms with van der Waals surface area (Å²) in [5, 5.41) is 6.28. The molecular weight excluding hydrogens is 272 g/mol. The predicted molar refractivity (Wildman–Crippen MR) is 75.3 cm³/mol. The van der Waals surface area contributed by atoms with E-state index in [2.05, 4.69) is 27.3 Å². The standard InChI is InChI=1S/C14H14N4O3/c1-20-9-11-8-12(18-21-11)14(19)17-13-6-2-4-10(16-13)5-3-7-15/h2,4,6,8H,7,9,15H2,1H3,(H,16,17,19). The van der Waals surface area contributed by atoms with E-state index in [1.807, 2.05) is 0 Å². The number of rotatable bonds is 4. The van der Waals surface area contributed by atoms with Crippen LogP contribution in [0, 0.1) is 11.8 Å². The monoisotopic (exact) mass is 286 g/mol. The van der Waals surface area contributed by atoms with Crippen molar-refractivity contribution in [3.8, 4) is 11.8 Å². The van der Waals surface area contributed by atoms with Crippen LogP contribution in [-0.4, -0.2) is 29.7 Å². The van der Waals surface area contributed by atoms with E-state index in [9.17, 15) is 4.79 Å². The number of aromatic nitrogens is 2. The van der Waals surface area contributed by atoms with Crippen LogP contribution in [-0.2, 0) is 11.3 Å². The van der Waals surface area contributed by atoms with Gasteiger partial charge in [0.1, 0.15) is 18.1 Å². The molecule has 0 aromatic carbocycles. The summed E-state index contributed by atoms with van der Waals surface area (Å²) in [6, 6.07) is 6.63. The zero-order valence-corrected chi connectivity index (χ0v) is 11.4. The van der Waals surface area contributed by atoms with Crippen molar-refractivity contribution in [2.24, 2.45) is 5.73 Å². The Bertz CT molecular complexity index is 685. The van der Waals surface area contributed by atoms with Crippen LogP contribution >= 0.6 is 0 Å². The maximum Gasteiger partial charge on any atom is 0.279 e. The summed E-state index contributed by atoms with van der Waals surface area (Å²) in [6.07, 6.45) is 0. The molecule has 7 nitrogen and oxygen atoms in total. The first kappa shape index (κ1) is 14.7. The van der Waals surface area contributed by atoms with Crippen molar-refractivity contribution in [1.82, 2.24) is 10.1 Å². The van der Waals surface area contributed by atoms with Gasteiger partial charge in [-0.3, -0.25) is 4.79 Å². The highest BCUT2D eigenvalue weighted by molar-refractivity contribution is 6.02. The van der Waals surface area contributed by atoms with Crippen molar-refractivity contribution in [2.75, 3.05) is 19.0 Å². The Kier molecular flexibility index (Phi) is 5.04. The van der Waals surface area contributed by atoms with Crippen LogP contribution in [0.1, 0.15) is 21.9 Å². The van der Waals surface area contributed by atoms with Gasteiger partial charge in [0.15, 0.2) is 11.5 Å². The van der Waals surface area contributed by atoms with Crippen LogP contribution in [0.25, 0.3) is 0 Å². The molecule has 0 unspecified atom stereocenters. The largest absolute Gasteiger partial charge is 0.377 e. The zero-order chi connectivity index (χ0) is 15.1. The van der Waals surface area contributed by atoms with Crippen LogP contribution in [0.5, 0.6) is 0 Å². The lowest BCUT2D eigenvalue weighted by atomic mass is 10.3. The molecule has 0 bridgehead atoms. The number of carbonyl (C=O) groups excluding carboxylic acids is 1. The van der Waals surface area contributed by atoms with Crippen LogP contribution in [0.3, 0.4) is 0 Å². The molecule has 0 aliphatic rings. The molecular formula is C14H14N4O3. The number of nitrogens with two attached hydrogens (primary N) is 1. The Labute approximate surface area is 121 Å². The van der Waals surface area contributed by atoms with E-state index in [0.717, 1.165) is 0 Å². The molecule has 2 aromatic rings. The predicted octanol–water partition coefficient (Wildman–Crippen LogP) is 0.778. The summed E-state index contributed by atoms with van der Waals surface area (Å²) >= 11 is 0. The van der Waals surface area contributed by atoms with Crippen molar-refractivity contribution >= 4 is 11.7 Å². The van der Waals surface area contributed by atoms with E-state index in [1.54, 1.807) is 18.2 Å². The molecule has 2 heterocycles. The Morgan fingerprint density at radius 2 is 2.38 bits per heavy atom. The molecule has 0 radical (unpaired) electrons. The first-order chi connectivity index (χ1) is 10.2. The molecule has 1 amide bonds. The number of carbonyl (C=O) groups is 1. The van der Waals surface area contributed by atoms with Gasteiger partial charge in [0.2, 0.25) is 0 Å². The van der Waals surface area contributed by atoms with Crippen LogP contribution in [0.15, 0.2) is 28.8 Å². The van der Waals surface area contributed by atoms with Gasteiger partial charge in [-0.05, 0) is 18.1 Å². The third-order valence-corrected chi connectivity index (χ3v) is 2.39. The number of hydrogen-bond donors (Lipinski definition) is 2. The van der Waals surface area contributed by atoms with Crippen molar-refractivity contribution in [1.29, 1.82) is 0 Å².